The summed E-state index contributed by atoms with van der Waals surface area (Å²) in [5.74, 6) is 0.148. The second kappa shape index (κ2) is 9.05. The molecule has 28 heavy (non-hydrogen) atoms. The lowest BCUT2D eigenvalue weighted by atomic mass is 10.1. The molecular formula is C19H22N5O2S2+. The SMILES string of the molecule is CCNCNC(=O)c1cc(-c2nc(Nc3cccc([SH2+])c3)ncc2O)c(C)s1. The van der Waals surface area contributed by atoms with Crippen LogP contribution >= 0.6 is 11.3 Å². The molecular weight excluding hydrogens is 394 g/mol. The maximum Gasteiger partial charge on any atom is 0.262 e. The molecule has 9 heteroatoms. The van der Waals surface area contributed by atoms with Gasteiger partial charge in [-0.1, -0.05) is 13.0 Å². The standard InChI is InChI=1S/C19H21N5O2S2/c1-3-20-10-22-18(26)16-8-14(11(2)28-16)17-15(25)9-21-19(24-17)23-12-5-4-6-13(27)7-12/h4-9,20,25,27H,3,10H2,1-2H3,(H,22,26)(H,21,23,24)/p+1. The highest BCUT2D eigenvalue weighted by Crippen LogP contribution is 2.35. The van der Waals surface area contributed by atoms with E-state index in [9.17, 15) is 9.90 Å². The Morgan fingerprint density at radius 2 is 2.14 bits per heavy atom. The van der Waals surface area contributed by atoms with E-state index in [0.717, 1.165) is 22.0 Å². The van der Waals surface area contributed by atoms with Gasteiger partial charge < -0.3 is 21.1 Å². The third-order valence-corrected chi connectivity index (χ3v) is 5.27. The van der Waals surface area contributed by atoms with E-state index in [2.05, 4.69) is 38.5 Å². The van der Waals surface area contributed by atoms with Gasteiger partial charge in [0.05, 0.1) is 17.7 Å². The third kappa shape index (κ3) is 4.80. The van der Waals surface area contributed by atoms with E-state index < -0.39 is 0 Å². The van der Waals surface area contributed by atoms with E-state index in [1.165, 1.54) is 17.5 Å². The van der Waals surface area contributed by atoms with E-state index in [1.807, 2.05) is 38.1 Å². The summed E-state index contributed by atoms with van der Waals surface area (Å²) in [6.07, 6.45) is 1.35. The number of aromatic hydroxyl groups is 1. The summed E-state index contributed by atoms with van der Waals surface area (Å²) in [4.78, 5) is 23.2. The largest absolute Gasteiger partial charge is 0.504 e. The van der Waals surface area contributed by atoms with Crippen LogP contribution in [0.4, 0.5) is 11.6 Å². The van der Waals surface area contributed by atoms with Gasteiger partial charge in [0.1, 0.15) is 5.69 Å². The maximum atomic E-state index is 12.3. The van der Waals surface area contributed by atoms with Crippen LogP contribution in [0.15, 0.2) is 41.4 Å². The summed E-state index contributed by atoms with van der Waals surface area (Å²) in [5, 5.41) is 19.2. The van der Waals surface area contributed by atoms with E-state index >= 15 is 0 Å². The number of benzene rings is 1. The van der Waals surface area contributed by atoms with E-state index in [1.54, 1.807) is 6.07 Å². The number of nitrogens with zero attached hydrogens (tertiary/aromatic N) is 2. The molecule has 0 saturated heterocycles. The number of thiophene rings is 1. The molecule has 0 aliphatic rings. The first kappa shape index (κ1) is 20.1. The number of nitrogens with one attached hydrogen (secondary N) is 3. The van der Waals surface area contributed by atoms with Crippen molar-refractivity contribution in [1.82, 2.24) is 20.6 Å². The molecule has 0 fully saturated rings. The van der Waals surface area contributed by atoms with Gasteiger partial charge in [-0.2, -0.15) is 0 Å². The fourth-order valence-corrected chi connectivity index (χ4v) is 3.73. The minimum atomic E-state index is -0.166. The maximum absolute atomic E-state index is 12.3. The lowest BCUT2D eigenvalue weighted by Gasteiger charge is -2.08. The Labute approximate surface area is 172 Å². The molecule has 2 heterocycles. The average Bonchev–Trinajstić information content (AvgIpc) is 3.05. The van der Waals surface area contributed by atoms with E-state index in [-0.39, 0.29) is 11.7 Å². The van der Waals surface area contributed by atoms with Crippen molar-refractivity contribution < 1.29 is 9.90 Å². The van der Waals surface area contributed by atoms with Crippen LogP contribution in [0, 0.1) is 6.92 Å². The number of carbonyl (C=O) groups excluding carboxylic acids is 1. The molecule has 1 aromatic carbocycles. The first-order chi connectivity index (χ1) is 13.5. The number of hydrogen-bond acceptors (Lipinski definition) is 7. The number of aryl methyl sites for hydroxylation is 1. The zero-order valence-corrected chi connectivity index (χ0v) is 17.4. The van der Waals surface area contributed by atoms with Crippen molar-refractivity contribution in [2.24, 2.45) is 0 Å². The van der Waals surface area contributed by atoms with Gasteiger partial charge in [0, 0.05) is 22.2 Å². The van der Waals surface area contributed by atoms with Crippen molar-refractivity contribution >= 4 is 41.5 Å². The molecule has 0 bridgehead atoms. The van der Waals surface area contributed by atoms with Crippen molar-refractivity contribution in [2.75, 3.05) is 18.5 Å². The number of aromatic nitrogens is 2. The smallest absolute Gasteiger partial charge is 0.262 e. The van der Waals surface area contributed by atoms with Crippen LogP contribution in [0.2, 0.25) is 0 Å². The van der Waals surface area contributed by atoms with Gasteiger partial charge in [-0.25, -0.2) is 9.97 Å². The van der Waals surface area contributed by atoms with Gasteiger partial charge in [-0.3, -0.25) is 4.79 Å². The van der Waals surface area contributed by atoms with Crippen molar-refractivity contribution in [1.29, 1.82) is 0 Å². The van der Waals surface area contributed by atoms with Crippen LogP contribution < -0.4 is 16.0 Å². The fourth-order valence-electron chi connectivity index (χ4n) is 2.54. The molecule has 3 aromatic rings. The minimum absolute atomic E-state index is 0.0417. The highest BCUT2D eigenvalue weighted by Gasteiger charge is 2.18. The molecule has 0 saturated carbocycles. The topological polar surface area (TPSA) is 99.2 Å². The normalized spacial score (nSPS) is 10.7. The summed E-state index contributed by atoms with van der Waals surface area (Å²) in [6, 6.07) is 9.35. The predicted molar refractivity (Wildman–Crippen MR) is 116 cm³/mol. The van der Waals surface area contributed by atoms with Gasteiger partial charge in [0.15, 0.2) is 10.6 Å². The molecule has 0 atom stereocenters. The van der Waals surface area contributed by atoms with Crippen molar-refractivity contribution in [3.05, 3.63) is 46.3 Å². The Hall–Kier alpha value is -2.62. The monoisotopic (exact) mass is 416 g/mol. The first-order valence-electron chi connectivity index (χ1n) is 8.72. The van der Waals surface area contributed by atoms with Gasteiger partial charge in [-0.05, 0) is 44.3 Å². The van der Waals surface area contributed by atoms with Gasteiger partial charge in [-0.15, -0.1) is 11.3 Å². The van der Waals surface area contributed by atoms with Crippen molar-refractivity contribution in [3.8, 4) is 17.0 Å². The summed E-state index contributed by atoms with van der Waals surface area (Å²) in [7, 11) is 0. The second-order valence-electron chi connectivity index (χ2n) is 6.00. The summed E-state index contributed by atoms with van der Waals surface area (Å²) in [6.45, 7) is 5.04. The summed E-state index contributed by atoms with van der Waals surface area (Å²) < 4.78 is 0. The number of hydrogen-bond donors (Lipinski definition) is 4. The van der Waals surface area contributed by atoms with Crippen molar-refractivity contribution in [2.45, 2.75) is 18.7 Å². The first-order valence-corrected chi connectivity index (χ1v) is 10.0. The Morgan fingerprint density at radius 3 is 2.89 bits per heavy atom. The Bertz CT molecular complexity index is 990. The molecule has 3 rings (SSSR count). The van der Waals surface area contributed by atoms with E-state index in [0.29, 0.717) is 28.8 Å². The molecule has 0 spiro atoms. The van der Waals surface area contributed by atoms with Crippen molar-refractivity contribution in [3.63, 3.8) is 0 Å². The Balaban J connectivity index is 1.86. The second-order valence-corrected chi connectivity index (χ2v) is 7.83. The van der Waals surface area contributed by atoms with Gasteiger partial charge in [0.2, 0.25) is 5.95 Å². The summed E-state index contributed by atoms with van der Waals surface area (Å²) in [5.41, 5.74) is 1.90. The number of amides is 1. The Kier molecular flexibility index (Phi) is 6.50. The quantitative estimate of drug-likeness (QED) is 0.268. The van der Waals surface area contributed by atoms with E-state index in [4.69, 9.17) is 0 Å². The van der Waals surface area contributed by atoms with Crippen LogP contribution in [-0.2, 0) is 12.6 Å². The summed E-state index contributed by atoms with van der Waals surface area (Å²) >= 11 is 4.83. The minimum Gasteiger partial charge on any atom is -0.504 e. The lowest BCUT2D eigenvalue weighted by Crippen LogP contribution is -2.33. The lowest BCUT2D eigenvalue weighted by molar-refractivity contribution is 0.0955. The van der Waals surface area contributed by atoms with Crippen LogP contribution in [0.25, 0.3) is 11.3 Å². The zero-order chi connectivity index (χ0) is 20.1. The molecule has 0 aliphatic heterocycles. The molecule has 1 amide bonds. The number of anilines is 2. The van der Waals surface area contributed by atoms with Crippen LogP contribution in [0.1, 0.15) is 21.5 Å². The average molecular weight is 417 g/mol. The predicted octanol–water partition coefficient (Wildman–Crippen LogP) is 2.63. The molecule has 0 unspecified atom stereocenters. The fraction of sp³-hybridized carbons (Fsp3) is 0.211. The zero-order valence-electron chi connectivity index (χ0n) is 15.5. The molecule has 0 radical (unpaired) electrons. The highest BCUT2D eigenvalue weighted by molar-refractivity contribution is 7.58. The highest BCUT2D eigenvalue weighted by atomic mass is 32.1. The Morgan fingerprint density at radius 1 is 1.32 bits per heavy atom. The molecule has 7 nitrogen and oxygen atoms in total. The molecule has 2 aromatic heterocycles. The molecule has 0 aliphatic carbocycles. The van der Waals surface area contributed by atoms with Gasteiger partial charge >= 0.3 is 0 Å². The van der Waals surface area contributed by atoms with Crippen LogP contribution in [0.5, 0.6) is 5.75 Å². The third-order valence-electron chi connectivity index (χ3n) is 3.91. The van der Waals surface area contributed by atoms with Crippen LogP contribution in [-0.4, -0.2) is 34.2 Å². The molecule has 4 N–H and O–H groups in total. The number of carbonyl (C=O) groups is 1. The number of rotatable bonds is 7. The van der Waals surface area contributed by atoms with Crippen LogP contribution in [0.3, 0.4) is 0 Å². The molecule has 146 valence electrons. The van der Waals surface area contributed by atoms with Gasteiger partial charge in [0.25, 0.3) is 5.91 Å².